The van der Waals surface area contributed by atoms with Crippen LogP contribution < -0.4 is 0 Å². The quantitative estimate of drug-likeness (QED) is 0.570. The van der Waals surface area contributed by atoms with E-state index in [-0.39, 0.29) is 0 Å². The molecular weight excluding hydrogens is 276 g/mol. The zero-order valence-corrected chi connectivity index (χ0v) is 14.8. The first kappa shape index (κ1) is 16.7. The van der Waals surface area contributed by atoms with Gasteiger partial charge in [0.1, 0.15) is 19.6 Å². The molecule has 3 heterocycles. The topological polar surface area (TPSA) is 18.5 Å². The van der Waals surface area contributed by atoms with Crippen LogP contribution in [0, 0.1) is 5.92 Å². The lowest BCUT2D eigenvalue weighted by atomic mass is 9.82. The summed E-state index contributed by atoms with van der Waals surface area (Å²) in [6.07, 6.45) is 7.07. The maximum atomic E-state index is 6.17. The Bertz CT molecular complexity index is 353. The van der Waals surface area contributed by atoms with Crippen LogP contribution in [0.25, 0.3) is 0 Å². The molecule has 0 spiro atoms. The van der Waals surface area contributed by atoms with Crippen LogP contribution in [0.2, 0.25) is 0 Å². The molecule has 22 heavy (non-hydrogen) atoms. The third-order valence-electron chi connectivity index (χ3n) is 6.67. The second-order valence-electron chi connectivity index (χ2n) is 8.37. The Labute approximate surface area is 136 Å². The van der Waals surface area contributed by atoms with Crippen molar-refractivity contribution in [3.63, 3.8) is 0 Å². The van der Waals surface area contributed by atoms with Gasteiger partial charge in [0.25, 0.3) is 0 Å². The summed E-state index contributed by atoms with van der Waals surface area (Å²) in [5, 5.41) is 0. The Morgan fingerprint density at radius 1 is 0.955 bits per heavy atom. The lowest BCUT2D eigenvalue weighted by Gasteiger charge is -2.51. The minimum absolute atomic E-state index is 0.800. The molecule has 0 bridgehead atoms. The predicted octanol–water partition coefficient (Wildman–Crippen LogP) is 1.89. The van der Waals surface area contributed by atoms with Gasteiger partial charge in [0, 0.05) is 12.3 Å². The van der Waals surface area contributed by atoms with Crippen molar-refractivity contribution >= 4 is 0 Å². The van der Waals surface area contributed by atoms with E-state index in [1.54, 1.807) is 0 Å². The van der Waals surface area contributed by atoms with Crippen LogP contribution in [-0.2, 0) is 9.47 Å². The van der Waals surface area contributed by atoms with Gasteiger partial charge < -0.3 is 18.4 Å². The van der Waals surface area contributed by atoms with E-state index in [2.05, 4.69) is 14.1 Å². The van der Waals surface area contributed by atoms with Gasteiger partial charge in [-0.15, -0.1) is 0 Å². The van der Waals surface area contributed by atoms with Crippen LogP contribution in [0.15, 0.2) is 0 Å². The number of rotatable bonds is 5. The van der Waals surface area contributed by atoms with Gasteiger partial charge in [0.05, 0.1) is 59.7 Å². The molecule has 3 atom stereocenters. The summed E-state index contributed by atoms with van der Waals surface area (Å²) in [6, 6.07) is 0.871. The minimum atomic E-state index is 0.800. The summed E-state index contributed by atoms with van der Waals surface area (Å²) in [7, 11) is 4.84. The molecule has 4 nitrogen and oxygen atoms in total. The fraction of sp³-hybridized carbons (Fsp3) is 1.00. The summed E-state index contributed by atoms with van der Waals surface area (Å²) < 4.78 is 14.1. The monoisotopic (exact) mass is 312 g/mol. The van der Waals surface area contributed by atoms with Crippen molar-refractivity contribution in [2.45, 2.75) is 38.1 Å². The second kappa shape index (κ2) is 7.16. The molecule has 0 aromatic rings. The number of quaternary nitrogens is 2. The molecule has 0 amide bonds. The largest absolute Gasteiger partial charge is 0.375 e. The van der Waals surface area contributed by atoms with Crippen LogP contribution in [0.5, 0.6) is 0 Å². The Kier molecular flexibility index (Phi) is 5.43. The van der Waals surface area contributed by atoms with E-state index >= 15 is 0 Å². The van der Waals surface area contributed by atoms with E-state index in [0.29, 0.717) is 0 Å². The van der Waals surface area contributed by atoms with Gasteiger partial charge in [0.2, 0.25) is 0 Å². The highest BCUT2D eigenvalue weighted by Crippen LogP contribution is 2.36. The Morgan fingerprint density at radius 2 is 1.73 bits per heavy atom. The highest BCUT2D eigenvalue weighted by atomic mass is 16.5. The van der Waals surface area contributed by atoms with E-state index in [1.165, 1.54) is 49.7 Å². The van der Waals surface area contributed by atoms with Crippen LogP contribution in [0.4, 0.5) is 0 Å². The lowest BCUT2D eigenvalue weighted by Crippen LogP contribution is -2.61. The summed E-state index contributed by atoms with van der Waals surface area (Å²) in [6.45, 7) is 9.97. The molecule has 3 rings (SSSR count). The SMILES string of the molecule is C[N+]1(CCOC[C@H]2CCC[N+]3(C)CCCC[C@@H]23)CCOCC1. The molecule has 4 heteroatoms. The summed E-state index contributed by atoms with van der Waals surface area (Å²) in [4.78, 5) is 0. The molecule has 0 saturated carbocycles. The summed E-state index contributed by atoms with van der Waals surface area (Å²) >= 11 is 0. The Balaban J connectivity index is 1.43. The second-order valence-corrected chi connectivity index (χ2v) is 8.37. The van der Waals surface area contributed by atoms with Crippen molar-refractivity contribution in [1.29, 1.82) is 0 Å². The van der Waals surface area contributed by atoms with Gasteiger partial charge >= 0.3 is 0 Å². The zero-order chi connectivity index (χ0) is 15.5. The molecule has 0 aliphatic carbocycles. The minimum Gasteiger partial charge on any atom is -0.375 e. The number of piperidine rings is 2. The number of hydrogen-bond acceptors (Lipinski definition) is 2. The van der Waals surface area contributed by atoms with Gasteiger partial charge in [-0.25, -0.2) is 0 Å². The first-order chi connectivity index (χ1) is 10.6. The molecule has 128 valence electrons. The fourth-order valence-corrected chi connectivity index (χ4v) is 4.95. The highest BCUT2D eigenvalue weighted by molar-refractivity contribution is 4.78. The number of hydrogen-bond donors (Lipinski definition) is 0. The van der Waals surface area contributed by atoms with Crippen molar-refractivity contribution < 1.29 is 18.4 Å². The van der Waals surface area contributed by atoms with Gasteiger partial charge in [-0.1, -0.05) is 0 Å². The Hall–Kier alpha value is -0.160. The molecule has 0 aromatic heterocycles. The fourth-order valence-electron chi connectivity index (χ4n) is 4.95. The molecule has 1 unspecified atom stereocenters. The van der Waals surface area contributed by atoms with Crippen LogP contribution in [-0.4, -0.2) is 88.3 Å². The van der Waals surface area contributed by atoms with E-state index in [4.69, 9.17) is 9.47 Å². The third kappa shape index (κ3) is 3.84. The van der Waals surface area contributed by atoms with Crippen LogP contribution in [0.3, 0.4) is 0 Å². The average Bonchev–Trinajstić information content (AvgIpc) is 2.51. The van der Waals surface area contributed by atoms with Crippen molar-refractivity contribution in [3.8, 4) is 0 Å². The predicted molar refractivity (Wildman–Crippen MR) is 88.7 cm³/mol. The van der Waals surface area contributed by atoms with Crippen LogP contribution >= 0.6 is 0 Å². The van der Waals surface area contributed by atoms with E-state index in [9.17, 15) is 0 Å². The number of nitrogens with zero attached hydrogens (tertiary/aromatic N) is 2. The molecule has 3 fully saturated rings. The van der Waals surface area contributed by atoms with Gasteiger partial charge in [-0.2, -0.15) is 0 Å². The number of ether oxygens (including phenoxy) is 2. The number of morpholine rings is 1. The average molecular weight is 312 g/mol. The molecule has 3 aliphatic rings. The van der Waals surface area contributed by atoms with Crippen molar-refractivity contribution in [3.05, 3.63) is 0 Å². The highest BCUT2D eigenvalue weighted by Gasteiger charge is 2.43. The van der Waals surface area contributed by atoms with Crippen molar-refractivity contribution in [1.82, 2.24) is 0 Å². The molecular formula is C18H36N2O2+2. The summed E-state index contributed by atoms with van der Waals surface area (Å²) in [5.41, 5.74) is 0. The lowest BCUT2D eigenvalue weighted by molar-refractivity contribution is -0.947. The maximum absolute atomic E-state index is 6.17. The smallest absolute Gasteiger partial charge is 0.102 e. The molecule has 3 saturated heterocycles. The van der Waals surface area contributed by atoms with E-state index in [1.807, 2.05) is 0 Å². The molecule has 3 aliphatic heterocycles. The number of likely N-dealkylation sites (N-methyl/N-ethyl adjacent to an activating group) is 1. The first-order valence-electron chi connectivity index (χ1n) is 9.45. The maximum Gasteiger partial charge on any atom is 0.102 e. The summed E-state index contributed by atoms with van der Waals surface area (Å²) in [5.74, 6) is 0.800. The van der Waals surface area contributed by atoms with Gasteiger partial charge in [-0.05, 0) is 25.7 Å². The zero-order valence-electron chi connectivity index (χ0n) is 14.8. The van der Waals surface area contributed by atoms with Crippen molar-refractivity contribution in [2.24, 2.45) is 5.92 Å². The Morgan fingerprint density at radius 3 is 2.55 bits per heavy atom. The van der Waals surface area contributed by atoms with Gasteiger partial charge in [-0.3, -0.25) is 0 Å². The molecule has 0 radical (unpaired) electrons. The van der Waals surface area contributed by atoms with Crippen molar-refractivity contribution in [2.75, 3.05) is 73.2 Å². The van der Waals surface area contributed by atoms with E-state index in [0.717, 1.165) is 62.5 Å². The van der Waals surface area contributed by atoms with Gasteiger partial charge in [0.15, 0.2) is 0 Å². The normalized spacial score (nSPS) is 38.5. The number of fused-ring (bicyclic) bond motifs is 1. The first-order valence-corrected chi connectivity index (χ1v) is 9.45. The molecule has 0 aromatic carbocycles. The van der Waals surface area contributed by atoms with Crippen LogP contribution in [0.1, 0.15) is 32.1 Å². The van der Waals surface area contributed by atoms with E-state index < -0.39 is 0 Å². The standard InChI is InChI=1S/C18H36N2O2/c1-19(10-13-21-14-11-19)12-15-22-16-17-6-5-9-20(2)8-4-3-7-18(17)20/h17-18H,3-16H2,1-2H3/q+2/t17-,18+,20?/m1/s1. The third-order valence-corrected chi connectivity index (χ3v) is 6.67. The molecule has 0 N–H and O–H groups in total.